The van der Waals surface area contributed by atoms with E-state index in [1.807, 2.05) is 65.4 Å². The molecule has 8 heteroatoms. The van der Waals surface area contributed by atoms with Crippen molar-refractivity contribution in [2.24, 2.45) is 5.73 Å². The van der Waals surface area contributed by atoms with E-state index in [1.54, 1.807) is 32.1 Å². The van der Waals surface area contributed by atoms with Gasteiger partial charge in [-0.15, -0.1) is 0 Å². The normalized spacial score (nSPS) is 11.4. The average molecular weight is 528 g/mol. The third kappa shape index (κ3) is 12.7. The Morgan fingerprint density at radius 3 is 1.97 bits per heavy atom. The average Bonchev–Trinajstić information content (AvgIpc) is 2.91. The number of nitrogens with two attached hydrogens (primary N) is 1. The molecule has 0 aliphatic rings. The van der Waals surface area contributed by atoms with Crippen LogP contribution in [-0.4, -0.2) is 56.2 Å². The van der Waals surface area contributed by atoms with Crippen LogP contribution in [0.25, 0.3) is 0 Å². The molecule has 2 rings (SSSR count). The number of ether oxygens (including phenoxy) is 2. The molecule has 0 aliphatic carbocycles. The molecular weight excluding hydrogens is 490 g/mol. The highest BCUT2D eigenvalue weighted by atomic mass is 32.2. The summed E-state index contributed by atoms with van der Waals surface area (Å²) < 4.78 is 10.4. The van der Waals surface area contributed by atoms with E-state index in [0.717, 1.165) is 41.1 Å². The number of nitrogens with zero attached hydrogens (tertiary/aromatic N) is 1. The summed E-state index contributed by atoms with van der Waals surface area (Å²) in [7, 11) is 3.34. The van der Waals surface area contributed by atoms with E-state index in [1.165, 1.54) is 17.3 Å². The van der Waals surface area contributed by atoms with Gasteiger partial charge in [-0.3, -0.25) is 4.79 Å². The van der Waals surface area contributed by atoms with Crippen LogP contribution in [0.15, 0.2) is 85.2 Å². The van der Waals surface area contributed by atoms with Crippen LogP contribution in [0, 0.1) is 0 Å². The lowest BCUT2D eigenvalue weighted by atomic mass is 10.2. The van der Waals surface area contributed by atoms with Gasteiger partial charge < -0.3 is 25.4 Å². The maximum Gasteiger partial charge on any atom is 0.239 e. The monoisotopic (exact) mass is 527 g/mol. The predicted octanol–water partition coefficient (Wildman–Crippen LogP) is 4.83. The molecule has 0 atom stereocenters. The number of allylic oxidation sites excluding steroid dienone is 4. The molecule has 0 unspecified atom stereocenters. The van der Waals surface area contributed by atoms with Crippen LogP contribution in [0.2, 0.25) is 0 Å². The highest BCUT2D eigenvalue weighted by Crippen LogP contribution is 2.17. The first kappa shape index (κ1) is 29.3. The van der Waals surface area contributed by atoms with Gasteiger partial charge in [0.15, 0.2) is 0 Å². The predicted molar refractivity (Wildman–Crippen MR) is 155 cm³/mol. The quantitative estimate of drug-likeness (QED) is 0.225. The largest absolute Gasteiger partial charge is 0.497 e. The highest BCUT2D eigenvalue weighted by Gasteiger charge is 2.07. The number of carbonyl (C=O) groups is 1. The van der Waals surface area contributed by atoms with Gasteiger partial charge in [0.05, 0.1) is 20.8 Å². The zero-order valence-electron chi connectivity index (χ0n) is 21.1. The lowest BCUT2D eigenvalue weighted by molar-refractivity contribution is -0.121. The summed E-state index contributed by atoms with van der Waals surface area (Å²) in [5, 5.41) is 3.04. The van der Waals surface area contributed by atoms with Crippen molar-refractivity contribution >= 4 is 29.4 Å². The summed E-state index contributed by atoms with van der Waals surface area (Å²) in [4.78, 5) is 14.6. The van der Waals surface area contributed by atoms with Gasteiger partial charge in [0.2, 0.25) is 5.91 Å². The van der Waals surface area contributed by atoms with Crippen LogP contribution < -0.4 is 20.5 Å². The minimum Gasteiger partial charge on any atom is -0.497 e. The second-order valence-electron chi connectivity index (χ2n) is 7.73. The number of nitrogens with one attached hydrogen (secondary N) is 1. The summed E-state index contributed by atoms with van der Waals surface area (Å²) >= 11 is 3.64. The van der Waals surface area contributed by atoms with Gasteiger partial charge in [-0.05, 0) is 59.9 Å². The number of carbonyl (C=O) groups excluding carboxylic acids is 1. The molecule has 3 N–H and O–H groups in total. The fraction of sp³-hybridized carbons (Fsp3) is 0.321. The lowest BCUT2D eigenvalue weighted by Gasteiger charge is -2.19. The molecule has 0 spiro atoms. The topological polar surface area (TPSA) is 76.8 Å². The molecule has 6 nitrogen and oxygen atoms in total. The second kappa shape index (κ2) is 18.3. The first-order valence-corrected chi connectivity index (χ1v) is 14.1. The summed E-state index contributed by atoms with van der Waals surface area (Å²) in [5.41, 5.74) is 7.86. The summed E-state index contributed by atoms with van der Waals surface area (Å²) in [6.45, 7) is 1.74. The van der Waals surface area contributed by atoms with E-state index in [9.17, 15) is 4.79 Å². The van der Waals surface area contributed by atoms with Crippen LogP contribution >= 0.6 is 23.5 Å². The Hall–Kier alpha value is -2.97. The van der Waals surface area contributed by atoms with Gasteiger partial charge >= 0.3 is 0 Å². The van der Waals surface area contributed by atoms with E-state index in [4.69, 9.17) is 15.2 Å². The molecular formula is C28H37N3O3S2. The first-order valence-electron chi connectivity index (χ1n) is 11.8. The molecule has 36 heavy (non-hydrogen) atoms. The van der Waals surface area contributed by atoms with Crippen molar-refractivity contribution in [3.05, 3.63) is 96.4 Å². The third-order valence-electron chi connectivity index (χ3n) is 5.03. The van der Waals surface area contributed by atoms with Gasteiger partial charge in [-0.2, -0.15) is 23.5 Å². The minimum absolute atomic E-state index is 0.0238. The number of thioether (sulfide) groups is 2. The van der Waals surface area contributed by atoms with E-state index in [0.29, 0.717) is 13.1 Å². The third-order valence-corrected chi connectivity index (χ3v) is 7.07. The second-order valence-corrected chi connectivity index (χ2v) is 9.94. The maximum atomic E-state index is 12.5. The SMILES string of the molecule is COc1ccc(CSCCNC(=O)CN(/C=C/C=C/C=C\N)CCSCc2ccc(OC)cc2)cc1. The summed E-state index contributed by atoms with van der Waals surface area (Å²) in [5.74, 6) is 5.34. The molecule has 0 aromatic heterocycles. The van der Waals surface area contributed by atoms with Crippen LogP contribution in [0.3, 0.4) is 0 Å². The fourth-order valence-corrected chi connectivity index (χ4v) is 4.83. The Balaban J connectivity index is 1.72. The zero-order chi connectivity index (χ0) is 25.8. The molecule has 194 valence electrons. The molecule has 0 heterocycles. The van der Waals surface area contributed by atoms with E-state index < -0.39 is 0 Å². The Morgan fingerprint density at radius 1 is 0.861 bits per heavy atom. The van der Waals surface area contributed by atoms with Crippen molar-refractivity contribution in [3.63, 3.8) is 0 Å². The number of benzene rings is 2. The number of hydrogen-bond donors (Lipinski definition) is 2. The molecule has 2 aromatic carbocycles. The van der Waals surface area contributed by atoms with Crippen molar-refractivity contribution < 1.29 is 14.3 Å². The summed E-state index contributed by atoms with van der Waals surface area (Å²) in [6, 6.07) is 16.2. The molecule has 0 saturated heterocycles. The minimum atomic E-state index is 0.0238. The lowest BCUT2D eigenvalue weighted by Crippen LogP contribution is -2.36. The van der Waals surface area contributed by atoms with Crippen LogP contribution in [0.4, 0.5) is 0 Å². The van der Waals surface area contributed by atoms with Crippen LogP contribution in [0.1, 0.15) is 11.1 Å². The number of hydrogen-bond acceptors (Lipinski definition) is 7. The smallest absolute Gasteiger partial charge is 0.239 e. The van der Waals surface area contributed by atoms with Gasteiger partial charge in [0, 0.05) is 36.1 Å². The van der Waals surface area contributed by atoms with Crippen molar-refractivity contribution in [1.82, 2.24) is 10.2 Å². The van der Waals surface area contributed by atoms with Crippen molar-refractivity contribution in [3.8, 4) is 11.5 Å². The van der Waals surface area contributed by atoms with Gasteiger partial charge in [0.25, 0.3) is 0 Å². The number of rotatable bonds is 17. The molecule has 0 bridgehead atoms. The van der Waals surface area contributed by atoms with Crippen molar-refractivity contribution in [2.45, 2.75) is 11.5 Å². The molecule has 0 saturated carbocycles. The van der Waals surface area contributed by atoms with Crippen LogP contribution in [-0.2, 0) is 16.3 Å². The first-order chi connectivity index (χ1) is 17.6. The maximum absolute atomic E-state index is 12.5. The van der Waals surface area contributed by atoms with Crippen molar-refractivity contribution in [1.29, 1.82) is 0 Å². The Labute approximate surface area is 224 Å². The number of amides is 1. The standard InChI is InChI=1S/C28H37N3O3S2/c1-33-26-11-7-24(8-12-26)22-35-19-16-30-28(32)21-31(17-6-4-3-5-15-29)18-20-36-23-25-9-13-27(34-2)14-10-25/h3-15,17H,16,18-23,29H2,1-2H3,(H,30,32)/b4-3+,15-5-,17-6+. The van der Waals surface area contributed by atoms with E-state index >= 15 is 0 Å². The highest BCUT2D eigenvalue weighted by molar-refractivity contribution is 7.98. The van der Waals surface area contributed by atoms with Gasteiger partial charge in [0.1, 0.15) is 11.5 Å². The molecule has 0 radical (unpaired) electrons. The molecule has 2 aromatic rings. The molecule has 0 aliphatic heterocycles. The molecule has 0 fully saturated rings. The van der Waals surface area contributed by atoms with Crippen molar-refractivity contribution in [2.75, 3.05) is 45.4 Å². The van der Waals surface area contributed by atoms with Gasteiger partial charge in [-0.1, -0.05) is 36.4 Å². The summed E-state index contributed by atoms with van der Waals surface area (Å²) in [6.07, 6.45) is 10.9. The zero-order valence-corrected chi connectivity index (χ0v) is 22.7. The van der Waals surface area contributed by atoms with Crippen LogP contribution in [0.5, 0.6) is 11.5 Å². The van der Waals surface area contributed by atoms with E-state index in [-0.39, 0.29) is 5.91 Å². The molecule has 1 amide bonds. The Bertz CT molecular complexity index is 961. The Kier molecular flexibility index (Phi) is 14.9. The van der Waals surface area contributed by atoms with Gasteiger partial charge in [-0.25, -0.2) is 0 Å². The number of methoxy groups -OCH3 is 2. The van der Waals surface area contributed by atoms with E-state index in [2.05, 4.69) is 29.6 Å². The Morgan fingerprint density at radius 2 is 1.42 bits per heavy atom. The fourth-order valence-electron chi connectivity index (χ4n) is 3.08.